The third kappa shape index (κ3) is 2.96. The lowest BCUT2D eigenvalue weighted by Gasteiger charge is -2.32. The lowest BCUT2D eigenvalue weighted by atomic mass is 10.0. The van der Waals surface area contributed by atoms with E-state index in [4.69, 9.17) is 11.6 Å². The van der Waals surface area contributed by atoms with Gasteiger partial charge in [0.15, 0.2) is 0 Å². The monoisotopic (exact) mass is 334 g/mol. The zero-order chi connectivity index (χ0) is 16.5. The molecule has 1 aromatic carbocycles. The minimum Gasteiger partial charge on any atom is -0.362 e. The molecule has 1 N–H and O–H groups in total. The predicted octanol–water partition coefficient (Wildman–Crippen LogP) is 3.59. The van der Waals surface area contributed by atoms with Crippen LogP contribution in [0.5, 0.6) is 0 Å². The van der Waals surface area contributed by atoms with Crippen LogP contribution in [-0.2, 0) is 0 Å². The number of benzene rings is 1. The van der Waals surface area contributed by atoms with Gasteiger partial charge in [-0.1, -0.05) is 31.0 Å². The van der Waals surface area contributed by atoms with Gasteiger partial charge in [0.25, 0.3) is 11.6 Å². The normalized spacial score (nSPS) is 21.9. The summed E-state index contributed by atoms with van der Waals surface area (Å²) in [5, 5.41) is 14.0. The van der Waals surface area contributed by atoms with Crippen molar-refractivity contribution in [2.45, 2.75) is 38.1 Å². The Balaban J connectivity index is 2.41. The van der Waals surface area contributed by atoms with Gasteiger partial charge in [0.2, 0.25) is 0 Å². The van der Waals surface area contributed by atoms with E-state index in [1.165, 1.54) is 24.3 Å². The van der Waals surface area contributed by atoms with Gasteiger partial charge >= 0.3 is 6.18 Å². The van der Waals surface area contributed by atoms with E-state index in [0.717, 1.165) is 0 Å². The van der Waals surface area contributed by atoms with Gasteiger partial charge in [-0.25, -0.2) is 0 Å². The molecule has 120 valence electrons. The fourth-order valence-corrected chi connectivity index (χ4v) is 2.41. The summed E-state index contributed by atoms with van der Waals surface area (Å²) in [5.41, 5.74) is -3.26. The first-order valence-corrected chi connectivity index (χ1v) is 7.02. The van der Waals surface area contributed by atoms with Gasteiger partial charge in [0.05, 0.1) is 0 Å². The average molecular weight is 335 g/mol. The summed E-state index contributed by atoms with van der Waals surface area (Å²) in [6.07, 6.45) is -4.92. The number of hydrazone groups is 1. The summed E-state index contributed by atoms with van der Waals surface area (Å²) in [5.74, 6) is -1.05. The molecule has 1 aliphatic rings. The van der Waals surface area contributed by atoms with Crippen LogP contribution in [0.25, 0.3) is 0 Å². The quantitative estimate of drug-likeness (QED) is 0.918. The van der Waals surface area contributed by atoms with E-state index in [2.05, 4.69) is 5.10 Å². The Morgan fingerprint density at radius 3 is 2.73 bits per heavy atom. The molecule has 1 amide bonds. The smallest absolute Gasteiger partial charge is 0.362 e. The van der Waals surface area contributed by atoms with Crippen molar-refractivity contribution in [3.63, 3.8) is 0 Å². The lowest BCUT2D eigenvalue weighted by molar-refractivity contribution is -0.297. The van der Waals surface area contributed by atoms with Crippen molar-refractivity contribution in [3.05, 3.63) is 34.9 Å². The zero-order valence-electron chi connectivity index (χ0n) is 11.7. The van der Waals surface area contributed by atoms with Crippen LogP contribution in [0.15, 0.2) is 29.4 Å². The number of halogens is 4. The molecule has 0 spiro atoms. The highest BCUT2D eigenvalue weighted by molar-refractivity contribution is 6.31. The summed E-state index contributed by atoms with van der Waals surface area (Å²) >= 11 is 5.74. The van der Waals surface area contributed by atoms with Crippen molar-refractivity contribution >= 4 is 23.2 Å². The van der Waals surface area contributed by atoms with E-state index in [-0.39, 0.29) is 27.7 Å². The molecule has 2 rings (SSSR count). The Kier molecular flexibility index (Phi) is 4.49. The highest BCUT2D eigenvalue weighted by atomic mass is 35.5. The molecular weight excluding hydrogens is 321 g/mol. The van der Waals surface area contributed by atoms with Crippen LogP contribution in [0.2, 0.25) is 5.02 Å². The molecule has 0 saturated carbocycles. The topological polar surface area (TPSA) is 52.9 Å². The molecule has 0 radical (unpaired) electrons. The zero-order valence-corrected chi connectivity index (χ0v) is 12.4. The van der Waals surface area contributed by atoms with Crippen molar-refractivity contribution in [3.8, 4) is 0 Å². The van der Waals surface area contributed by atoms with E-state index in [1.54, 1.807) is 6.92 Å². The number of rotatable bonds is 3. The number of hydrogen-bond donors (Lipinski definition) is 1. The Labute approximate surface area is 130 Å². The third-order valence-electron chi connectivity index (χ3n) is 3.30. The summed E-state index contributed by atoms with van der Waals surface area (Å²) in [6, 6.07) is 5.48. The van der Waals surface area contributed by atoms with E-state index in [0.29, 0.717) is 6.42 Å². The second-order valence-electron chi connectivity index (χ2n) is 5.03. The first kappa shape index (κ1) is 16.8. The van der Waals surface area contributed by atoms with Gasteiger partial charge in [-0.15, -0.1) is 0 Å². The highest BCUT2D eigenvalue weighted by Gasteiger charge is 2.63. The van der Waals surface area contributed by atoms with Crippen LogP contribution < -0.4 is 0 Å². The van der Waals surface area contributed by atoms with Crippen molar-refractivity contribution in [2.75, 3.05) is 0 Å². The third-order valence-corrected chi connectivity index (χ3v) is 3.53. The van der Waals surface area contributed by atoms with Crippen molar-refractivity contribution in [1.29, 1.82) is 0 Å². The number of alkyl halides is 3. The molecule has 0 aromatic heterocycles. The highest BCUT2D eigenvalue weighted by Crippen LogP contribution is 2.41. The molecule has 1 heterocycles. The molecule has 1 unspecified atom stereocenters. The van der Waals surface area contributed by atoms with Gasteiger partial charge in [0, 0.05) is 22.7 Å². The molecule has 0 fully saturated rings. The predicted molar refractivity (Wildman–Crippen MR) is 75.6 cm³/mol. The number of aliphatic hydroxyl groups is 1. The number of carbonyl (C=O) groups excluding carboxylic acids is 1. The van der Waals surface area contributed by atoms with E-state index >= 15 is 0 Å². The number of hydrogen-bond acceptors (Lipinski definition) is 3. The molecule has 1 atom stereocenters. The van der Waals surface area contributed by atoms with Crippen LogP contribution in [0, 0.1) is 0 Å². The van der Waals surface area contributed by atoms with Crippen molar-refractivity contribution in [1.82, 2.24) is 5.01 Å². The molecule has 0 bridgehead atoms. The molecule has 22 heavy (non-hydrogen) atoms. The maximum atomic E-state index is 13.2. The van der Waals surface area contributed by atoms with Crippen molar-refractivity contribution < 1.29 is 23.1 Å². The summed E-state index contributed by atoms with van der Waals surface area (Å²) in [6.45, 7) is 1.77. The maximum Gasteiger partial charge on any atom is 0.438 e. The molecule has 4 nitrogen and oxygen atoms in total. The Bertz CT molecular complexity index is 618. The van der Waals surface area contributed by atoms with Gasteiger partial charge in [-0.2, -0.15) is 23.3 Å². The number of nitrogens with zero attached hydrogens (tertiary/aromatic N) is 2. The van der Waals surface area contributed by atoms with Crippen LogP contribution in [0.3, 0.4) is 0 Å². The summed E-state index contributed by atoms with van der Waals surface area (Å²) < 4.78 is 39.7. The largest absolute Gasteiger partial charge is 0.438 e. The van der Waals surface area contributed by atoms with Gasteiger partial charge in [-0.05, 0) is 24.6 Å². The molecule has 1 aromatic rings. The van der Waals surface area contributed by atoms with Crippen LogP contribution in [-0.4, -0.2) is 33.6 Å². The van der Waals surface area contributed by atoms with Gasteiger partial charge in [-0.3, -0.25) is 4.79 Å². The van der Waals surface area contributed by atoms with Crippen LogP contribution >= 0.6 is 11.6 Å². The number of amides is 1. The number of carbonyl (C=O) groups is 1. The Morgan fingerprint density at radius 2 is 2.18 bits per heavy atom. The second-order valence-corrected chi connectivity index (χ2v) is 5.47. The SMILES string of the molecule is CCCC1=NN(C(=O)c2cccc(Cl)c2)C(O)(C(F)(F)F)C1. The van der Waals surface area contributed by atoms with Crippen LogP contribution in [0.1, 0.15) is 36.5 Å². The standard InChI is InChI=1S/C14H14ClF3N2O2/c1-2-4-11-8-13(22,14(16,17)18)20(19-11)12(21)9-5-3-6-10(15)7-9/h3,5-7,22H,2,4,8H2,1H3. The molecule has 0 aliphatic carbocycles. The maximum absolute atomic E-state index is 13.2. The summed E-state index contributed by atoms with van der Waals surface area (Å²) in [4.78, 5) is 12.3. The van der Waals surface area contributed by atoms with Crippen LogP contribution in [0.4, 0.5) is 13.2 Å². The van der Waals surface area contributed by atoms with Crippen molar-refractivity contribution in [2.24, 2.45) is 5.10 Å². The fourth-order valence-electron chi connectivity index (χ4n) is 2.22. The lowest BCUT2D eigenvalue weighted by Crippen LogP contribution is -2.56. The van der Waals surface area contributed by atoms with Gasteiger partial charge < -0.3 is 5.11 Å². The fraction of sp³-hybridized carbons (Fsp3) is 0.429. The van der Waals surface area contributed by atoms with E-state index < -0.39 is 24.2 Å². The first-order valence-electron chi connectivity index (χ1n) is 6.64. The Hall–Kier alpha value is -1.60. The minimum absolute atomic E-state index is 0.0725. The van der Waals surface area contributed by atoms with E-state index in [1.807, 2.05) is 0 Å². The van der Waals surface area contributed by atoms with E-state index in [9.17, 15) is 23.1 Å². The van der Waals surface area contributed by atoms with Gasteiger partial charge in [0.1, 0.15) is 0 Å². The molecule has 8 heteroatoms. The Morgan fingerprint density at radius 1 is 1.50 bits per heavy atom. The average Bonchev–Trinajstić information content (AvgIpc) is 2.76. The first-order chi connectivity index (χ1) is 10.2. The summed E-state index contributed by atoms with van der Waals surface area (Å²) in [7, 11) is 0. The second kappa shape index (κ2) is 5.89. The minimum atomic E-state index is -5.01. The molecule has 1 aliphatic heterocycles. The molecular formula is C14H14ClF3N2O2. The molecule has 0 saturated heterocycles.